The summed E-state index contributed by atoms with van der Waals surface area (Å²) in [4.78, 5) is 12.7. The maximum Gasteiger partial charge on any atom is 0.246 e. The number of carbonyl (C=O) groups is 1. The summed E-state index contributed by atoms with van der Waals surface area (Å²) in [6, 6.07) is 11.9. The molecular weight excluding hydrogens is 358 g/mol. The van der Waals surface area contributed by atoms with E-state index in [2.05, 4.69) is 27.0 Å². The van der Waals surface area contributed by atoms with E-state index in [1.54, 1.807) is 38.5 Å². The van der Waals surface area contributed by atoms with Gasteiger partial charge in [0.05, 0.1) is 24.9 Å². The maximum absolute atomic E-state index is 12.7. The summed E-state index contributed by atoms with van der Waals surface area (Å²) in [6.07, 6.45) is -0.414. The highest BCUT2D eigenvalue weighted by atomic mass is 35.5. The van der Waals surface area contributed by atoms with Crippen molar-refractivity contribution in [2.75, 3.05) is 24.9 Å². The Morgan fingerprint density at radius 3 is 2.42 bits per heavy atom. The van der Waals surface area contributed by atoms with Gasteiger partial charge in [0.2, 0.25) is 5.91 Å². The van der Waals surface area contributed by atoms with Crippen LogP contribution < -0.4 is 36.5 Å². The van der Waals surface area contributed by atoms with Gasteiger partial charge in [0, 0.05) is 23.9 Å². The van der Waals surface area contributed by atoms with E-state index in [4.69, 9.17) is 21.1 Å². The molecule has 0 saturated carbocycles. The van der Waals surface area contributed by atoms with Crippen LogP contribution in [-0.2, 0) is 4.79 Å². The molecule has 2 aromatic rings. The van der Waals surface area contributed by atoms with Gasteiger partial charge in [0.15, 0.2) is 0 Å². The minimum atomic E-state index is -0.594. The average molecular weight is 378 g/mol. The third-order valence-electron chi connectivity index (χ3n) is 3.87. The van der Waals surface area contributed by atoms with Gasteiger partial charge in [-0.3, -0.25) is 4.79 Å². The quantitative estimate of drug-likeness (QED) is 0.523. The number of hydrogen-bond donors (Lipinski definition) is 5. The Kier molecular flexibility index (Phi) is 5.79. The van der Waals surface area contributed by atoms with Crippen molar-refractivity contribution in [3.63, 3.8) is 0 Å². The Hall–Kier alpha value is -2.52. The molecule has 0 spiro atoms. The van der Waals surface area contributed by atoms with Crippen LogP contribution in [0.15, 0.2) is 42.5 Å². The molecule has 0 bridgehead atoms. The van der Waals surface area contributed by atoms with Crippen molar-refractivity contribution >= 4 is 28.9 Å². The van der Waals surface area contributed by atoms with Crippen molar-refractivity contribution in [2.24, 2.45) is 0 Å². The number of ether oxygens (including phenoxy) is 2. The number of rotatable bonds is 6. The molecule has 1 aliphatic heterocycles. The zero-order valence-electron chi connectivity index (χ0n) is 14.3. The summed E-state index contributed by atoms with van der Waals surface area (Å²) in [5.41, 5.74) is 9.88. The highest BCUT2D eigenvalue weighted by molar-refractivity contribution is 6.33. The Morgan fingerprint density at radius 1 is 1.08 bits per heavy atom. The van der Waals surface area contributed by atoms with Gasteiger partial charge in [-0.2, -0.15) is 5.53 Å². The average Bonchev–Trinajstić information content (AvgIpc) is 3.11. The van der Waals surface area contributed by atoms with Gasteiger partial charge in [-0.25, -0.2) is 10.9 Å². The molecule has 1 amide bonds. The van der Waals surface area contributed by atoms with E-state index in [0.717, 1.165) is 5.69 Å². The Morgan fingerprint density at radius 2 is 1.77 bits per heavy atom. The van der Waals surface area contributed by atoms with Crippen LogP contribution in [0.3, 0.4) is 0 Å². The van der Waals surface area contributed by atoms with Crippen LogP contribution in [0.4, 0.5) is 11.4 Å². The molecule has 26 heavy (non-hydrogen) atoms. The lowest BCUT2D eigenvalue weighted by Crippen LogP contribution is -2.48. The topological polar surface area (TPSA) is 95.7 Å². The fraction of sp³-hybridized carbons (Fsp3) is 0.235. The van der Waals surface area contributed by atoms with Crippen LogP contribution in [-0.4, -0.2) is 32.3 Å². The van der Waals surface area contributed by atoms with Gasteiger partial charge < -0.3 is 20.1 Å². The number of amides is 1. The molecule has 1 fully saturated rings. The number of hydrazine groups is 2. The lowest BCUT2D eigenvalue weighted by Gasteiger charge is -2.20. The van der Waals surface area contributed by atoms with Crippen LogP contribution in [0.25, 0.3) is 0 Å². The van der Waals surface area contributed by atoms with Crippen molar-refractivity contribution in [3.8, 4) is 11.5 Å². The van der Waals surface area contributed by atoms with Gasteiger partial charge in [0.1, 0.15) is 23.7 Å². The number of para-hydroxylation sites is 1. The van der Waals surface area contributed by atoms with Gasteiger partial charge in [-0.1, -0.05) is 23.7 Å². The Bertz CT molecular complexity index is 766. The van der Waals surface area contributed by atoms with Gasteiger partial charge in [0.25, 0.3) is 0 Å². The lowest BCUT2D eigenvalue weighted by molar-refractivity contribution is -0.118. The molecule has 8 nitrogen and oxygen atoms in total. The highest BCUT2D eigenvalue weighted by Gasteiger charge is 2.33. The number of nitrogens with one attached hydrogen (secondary N) is 5. The van der Waals surface area contributed by atoms with Gasteiger partial charge >= 0.3 is 0 Å². The maximum atomic E-state index is 12.7. The van der Waals surface area contributed by atoms with Crippen LogP contribution in [0.5, 0.6) is 11.5 Å². The van der Waals surface area contributed by atoms with E-state index in [1.165, 1.54) is 0 Å². The first-order valence-corrected chi connectivity index (χ1v) is 8.29. The molecule has 1 heterocycles. The zero-order valence-corrected chi connectivity index (χ0v) is 15.1. The van der Waals surface area contributed by atoms with Crippen LogP contribution in [0.2, 0.25) is 5.02 Å². The zero-order chi connectivity index (χ0) is 18.5. The smallest absolute Gasteiger partial charge is 0.246 e. The predicted molar refractivity (Wildman–Crippen MR) is 100 cm³/mol. The first-order chi connectivity index (χ1) is 12.6. The highest BCUT2D eigenvalue weighted by Crippen LogP contribution is 2.26. The Labute approximate surface area is 156 Å². The summed E-state index contributed by atoms with van der Waals surface area (Å²) >= 11 is 6.17. The third kappa shape index (κ3) is 4.17. The molecule has 1 saturated heterocycles. The van der Waals surface area contributed by atoms with Crippen molar-refractivity contribution in [2.45, 2.75) is 12.2 Å². The number of hydrogen-bond acceptors (Lipinski definition) is 7. The summed E-state index contributed by atoms with van der Waals surface area (Å²) in [6.45, 7) is 0. The summed E-state index contributed by atoms with van der Waals surface area (Å²) in [7, 11) is 3.10. The first-order valence-electron chi connectivity index (χ1n) is 7.92. The summed E-state index contributed by atoms with van der Waals surface area (Å²) in [5.74, 6) is 0.921. The molecule has 0 aromatic heterocycles. The summed E-state index contributed by atoms with van der Waals surface area (Å²) in [5, 5.41) is 6.61. The van der Waals surface area contributed by atoms with E-state index in [0.29, 0.717) is 22.2 Å². The van der Waals surface area contributed by atoms with E-state index in [9.17, 15) is 4.79 Å². The summed E-state index contributed by atoms with van der Waals surface area (Å²) < 4.78 is 10.4. The van der Waals surface area contributed by atoms with Crippen LogP contribution in [0, 0.1) is 0 Å². The first kappa shape index (κ1) is 18.3. The minimum absolute atomic E-state index is 0.248. The second-order valence-electron chi connectivity index (χ2n) is 5.58. The number of anilines is 2. The van der Waals surface area contributed by atoms with E-state index in [1.807, 2.05) is 18.2 Å². The Balaban J connectivity index is 1.71. The molecule has 138 valence electrons. The van der Waals surface area contributed by atoms with Gasteiger partial charge in [-0.15, -0.1) is 0 Å². The van der Waals surface area contributed by atoms with Crippen LogP contribution in [0.1, 0.15) is 0 Å². The molecule has 2 atom stereocenters. The fourth-order valence-corrected chi connectivity index (χ4v) is 2.74. The number of benzene rings is 2. The minimum Gasteiger partial charge on any atom is -0.497 e. The molecule has 0 aliphatic carbocycles. The lowest BCUT2D eigenvalue weighted by atomic mass is 10.2. The molecule has 0 radical (unpaired) electrons. The van der Waals surface area contributed by atoms with Crippen LogP contribution >= 0.6 is 11.6 Å². The second kappa shape index (κ2) is 8.24. The molecule has 3 rings (SSSR count). The van der Waals surface area contributed by atoms with Crippen molar-refractivity contribution in [1.82, 2.24) is 16.4 Å². The normalized spacial score (nSPS) is 19.0. The molecular formula is C17H20ClN5O3. The molecule has 2 aromatic carbocycles. The largest absolute Gasteiger partial charge is 0.497 e. The molecule has 9 heteroatoms. The number of carbonyl (C=O) groups excluding carboxylic acids is 1. The number of halogens is 1. The van der Waals surface area contributed by atoms with E-state index >= 15 is 0 Å². The van der Waals surface area contributed by atoms with Crippen molar-refractivity contribution < 1.29 is 14.3 Å². The molecule has 5 N–H and O–H groups in total. The SMILES string of the molecule is COc1cc(NC(=O)C2NNNC2Nc2ccccc2Cl)cc(OC)c1. The fourth-order valence-electron chi connectivity index (χ4n) is 2.55. The molecule has 2 unspecified atom stereocenters. The number of methoxy groups -OCH3 is 2. The second-order valence-corrected chi connectivity index (χ2v) is 5.99. The standard InChI is InChI=1S/C17H20ClN5O3/c1-25-11-7-10(8-12(9-11)26-2)19-17(24)15-16(22-23-21-15)20-14-6-4-3-5-13(14)18/h3-9,15-16,20-23H,1-2H3,(H,19,24). The molecule has 1 aliphatic rings. The third-order valence-corrected chi connectivity index (χ3v) is 4.20. The predicted octanol–water partition coefficient (Wildman–Crippen LogP) is 1.71. The van der Waals surface area contributed by atoms with Gasteiger partial charge in [-0.05, 0) is 12.1 Å². The van der Waals surface area contributed by atoms with E-state index in [-0.39, 0.29) is 5.91 Å². The van der Waals surface area contributed by atoms with Crippen molar-refractivity contribution in [3.05, 3.63) is 47.5 Å². The van der Waals surface area contributed by atoms with E-state index < -0.39 is 12.2 Å². The monoisotopic (exact) mass is 377 g/mol. The van der Waals surface area contributed by atoms with Crippen molar-refractivity contribution in [1.29, 1.82) is 0 Å².